The second kappa shape index (κ2) is 11.8. The second-order valence-corrected chi connectivity index (χ2v) is 9.82. The third-order valence-corrected chi connectivity index (χ3v) is 6.65. The van der Waals surface area contributed by atoms with Crippen LogP contribution < -0.4 is 10.2 Å². The molecule has 0 saturated heterocycles. The van der Waals surface area contributed by atoms with Gasteiger partial charge in [0.25, 0.3) is 0 Å². The monoisotopic (exact) mass is 466 g/mol. The van der Waals surface area contributed by atoms with E-state index in [0.29, 0.717) is 18.6 Å². The summed E-state index contributed by atoms with van der Waals surface area (Å²) in [6, 6.07) is 13.0. The Morgan fingerprint density at radius 1 is 1.03 bits per heavy atom. The summed E-state index contributed by atoms with van der Waals surface area (Å²) in [7, 11) is 0. The lowest BCUT2D eigenvalue weighted by atomic mass is 9.76. The van der Waals surface area contributed by atoms with Gasteiger partial charge < -0.3 is 9.84 Å². The second-order valence-electron chi connectivity index (χ2n) is 9.82. The first-order valence-electron chi connectivity index (χ1n) is 11.9. The molecule has 34 heavy (non-hydrogen) atoms. The Morgan fingerprint density at radius 3 is 2.35 bits per heavy atom. The van der Waals surface area contributed by atoms with Gasteiger partial charge in [-0.2, -0.15) is 5.10 Å². The molecule has 184 valence electrons. The van der Waals surface area contributed by atoms with Gasteiger partial charge in [0.2, 0.25) is 5.91 Å². The molecule has 2 rings (SSSR count). The maximum absolute atomic E-state index is 12.1. The molecule has 1 amide bonds. The normalized spacial score (nSPS) is 12.1. The SMILES string of the molecule is CCC(C)(C)c1ccc(OCCCC(=O)N/N=C/c2ccccc2C(=O)O)c(C(C)(C)CC)c1. The van der Waals surface area contributed by atoms with E-state index in [-0.39, 0.29) is 28.7 Å². The zero-order chi connectivity index (χ0) is 25.4. The van der Waals surface area contributed by atoms with E-state index in [1.807, 2.05) is 0 Å². The summed E-state index contributed by atoms with van der Waals surface area (Å²) in [5, 5.41) is 13.1. The average Bonchev–Trinajstić information content (AvgIpc) is 2.82. The van der Waals surface area contributed by atoms with Crippen molar-refractivity contribution in [1.29, 1.82) is 0 Å². The smallest absolute Gasteiger partial charge is 0.336 e. The van der Waals surface area contributed by atoms with Crippen molar-refractivity contribution in [2.24, 2.45) is 5.10 Å². The number of carboxylic acid groups (broad SMARTS) is 1. The fourth-order valence-corrected chi connectivity index (χ4v) is 3.45. The summed E-state index contributed by atoms with van der Waals surface area (Å²) in [5.41, 5.74) is 5.59. The van der Waals surface area contributed by atoms with Crippen molar-refractivity contribution >= 4 is 18.1 Å². The van der Waals surface area contributed by atoms with Crippen LogP contribution in [0.2, 0.25) is 0 Å². The van der Waals surface area contributed by atoms with E-state index in [2.05, 4.69) is 70.3 Å². The predicted molar refractivity (Wildman–Crippen MR) is 137 cm³/mol. The summed E-state index contributed by atoms with van der Waals surface area (Å²) >= 11 is 0. The molecule has 6 nitrogen and oxygen atoms in total. The number of hydrazone groups is 1. The number of carbonyl (C=O) groups is 2. The Kier molecular flexibility index (Phi) is 9.42. The largest absolute Gasteiger partial charge is 0.493 e. The Hall–Kier alpha value is -3.15. The van der Waals surface area contributed by atoms with Gasteiger partial charge in [-0.05, 0) is 47.8 Å². The quantitative estimate of drug-likeness (QED) is 0.226. The standard InChI is InChI=1S/C28H38N2O4/c1-7-27(3,4)21-15-16-24(23(18-21)28(5,6)8-2)34-17-11-14-25(31)30-29-19-20-12-9-10-13-22(20)26(32)33/h9-10,12-13,15-16,18-19H,7-8,11,14,17H2,1-6H3,(H,30,31)(H,32,33)/b29-19+. The molecule has 2 aromatic carbocycles. The number of benzene rings is 2. The number of hydrogen-bond acceptors (Lipinski definition) is 4. The van der Waals surface area contributed by atoms with E-state index >= 15 is 0 Å². The van der Waals surface area contributed by atoms with Gasteiger partial charge in [0, 0.05) is 17.5 Å². The van der Waals surface area contributed by atoms with Gasteiger partial charge in [0.15, 0.2) is 0 Å². The van der Waals surface area contributed by atoms with E-state index in [1.54, 1.807) is 18.2 Å². The Balaban J connectivity index is 1.95. The van der Waals surface area contributed by atoms with E-state index in [0.717, 1.165) is 18.6 Å². The van der Waals surface area contributed by atoms with Gasteiger partial charge in [-0.15, -0.1) is 0 Å². The molecule has 2 aromatic rings. The van der Waals surface area contributed by atoms with Gasteiger partial charge in [-0.25, -0.2) is 10.2 Å². The van der Waals surface area contributed by atoms with E-state index in [4.69, 9.17) is 4.74 Å². The number of aromatic carboxylic acids is 1. The lowest BCUT2D eigenvalue weighted by molar-refractivity contribution is -0.121. The first-order chi connectivity index (χ1) is 16.0. The maximum atomic E-state index is 12.1. The minimum atomic E-state index is -1.04. The van der Waals surface area contributed by atoms with Crippen molar-refractivity contribution in [3.05, 3.63) is 64.7 Å². The molecule has 0 heterocycles. The summed E-state index contributed by atoms with van der Waals surface area (Å²) in [6.45, 7) is 13.8. The number of hydrogen-bond donors (Lipinski definition) is 2. The van der Waals surface area contributed by atoms with Crippen molar-refractivity contribution in [3.8, 4) is 5.75 Å². The first kappa shape index (κ1) is 27.1. The number of rotatable bonds is 12. The molecule has 0 saturated carbocycles. The number of ether oxygens (including phenoxy) is 1. The third-order valence-electron chi connectivity index (χ3n) is 6.65. The number of carboxylic acids is 1. The zero-order valence-corrected chi connectivity index (χ0v) is 21.3. The van der Waals surface area contributed by atoms with E-state index in [1.165, 1.54) is 23.4 Å². The van der Waals surface area contributed by atoms with Crippen LogP contribution in [-0.4, -0.2) is 29.8 Å². The molecule has 0 aromatic heterocycles. The van der Waals surface area contributed by atoms with Crippen LogP contribution in [0.3, 0.4) is 0 Å². The lowest BCUT2D eigenvalue weighted by Crippen LogP contribution is -2.21. The number of carbonyl (C=O) groups excluding carboxylic acids is 1. The summed E-state index contributed by atoms with van der Waals surface area (Å²) < 4.78 is 6.11. The highest BCUT2D eigenvalue weighted by molar-refractivity contribution is 5.98. The Labute approximate surface area is 203 Å². The Morgan fingerprint density at radius 2 is 1.71 bits per heavy atom. The molecule has 0 atom stereocenters. The van der Waals surface area contributed by atoms with Crippen molar-refractivity contribution in [2.75, 3.05) is 6.61 Å². The molecule has 0 radical (unpaired) electrons. The predicted octanol–water partition coefficient (Wildman–Crippen LogP) is 6.07. The van der Waals surface area contributed by atoms with E-state index < -0.39 is 5.97 Å². The molecule has 0 unspecified atom stereocenters. The van der Waals surface area contributed by atoms with Crippen molar-refractivity contribution < 1.29 is 19.4 Å². The first-order valence-corrected chi connectivity index (χ1v) is 11.9. The van der Waals surface area contributed by atoms with E-state index in [9.17, 15) is 14.7 Å². The fourth-order valence-electron chi connectivity index (χ4n) is 3.45. The van der Waals surface area contributed by atoms with Crippen LogP contribution in [0.25, 0.3) is 0 Å². The molecule has 0 aliphatic carbocycles. The zero-order valence-electron chi connectivity index (χ0n) is 21.3. The van der Waals surface area contributed by atoms with Crippen molar-refractivity contribution in [2.45, 2.75) is 78.1 Å². The van der Waals surface area contributed by atoms with Crippen LogP contribution in [0.15, 0.2) is 47.6 Å². The molecule has 0 aliphatic heterocycles. The average molecular weight is 467 g/mol. The van der Waals surface area contributed by atoms with Crippen molar-refractivity contribution in [3.63, 3.8) is 0 Å². The lowest BCUT2D eigenvalue weighted by Gasteiger charge is -2.30. The summed E-state index contributed by atoms with van der Waals surface area (Å²) in [5.74, 6) is -0.421. The minimum absolute atomic E-state index is 0.0203. The van der Waals surface area contributed by atoms with Gasteiger partial charge in [-0.1, -0.05) is 71.9 Å². The molecule has 0 fully saturated rings. The van der Waals surface area contributed by atoms with Gasteiger partial charge in [0.1, 0.15) is 5.75 Å². The highest BCUT2D eigenvalue weighted by atomic mass is 16.5. The highest BCUT2D eigenvalue weighted by Gasteiger charge is 2.26. The van der Waals surface area contributed by atoms with Crippen LogP contribution in [0, 0.1) is 0 Å². The van der Waals surface area contributed by atoms with Crippen molar-refractivity contribution in [1.82, 2.24) is 5.43 Å². The fraction of sp³-hybridized carbons (Fsp3) is 0.464. The van der Waals surface area contributed by atoms with Crippen LogP contribution in [0.5, 0.6) is 5.75 Å². The van der Waals surface area contributed by atoms with Crippen LogP contribution in [0.1, 0.15) is 94.3 Å². The Bertz CT molecular complexity index is 1020. The summed E-state index contributed by atoms with van der Waals surface area (Å²) in [6.07, 6.45) is 4.19. The van der Waals surface area contributed by atoms with Crippen LogP contribution in [-0.2, 0) is 15.6 Å². The molecular formula is C28H38N2O4. The molecule has 2 N–H and O–H groups in total. The van der Waals surface area contributed by atoms with Gasteiger partial charge >= 0.3 is 5.97 Å². The molecule has 0 aliphatic rings. The number of nitrogens with zero attached hydrogens (tertiary/aromatic N) is 1. The number of nitrogens with one attached hydrogen (secondary N) is 1. The summed E-state index contributed by atoms with van der Waals surface area (Å²) in [4.78, 5) is 23.4. The number of amides is 1. The third kappa shape index (κ3) is 7.17. The van der Waals surface area contributed by atoms with Gasteiger partial charge in [-0.3, -0.25) is 4.79 Å². The molecular weight excluding hydrogens is 428 g/mol. The molecule has 0 bridgehead atoms. The minimum Gasteiger partial charge on any atom is -0.493 e. The highest BCUT2D eigenvalue weighted by Crippen LogP contribution is 2.38. The molecule has 0 spiro atoms. The topological polar surface area (TPSA) is 88.0 Å². The van der Waals surface area contributed by atoms with Gasteiger partial charge in [0.05, 0.1) is 18.4 Å². The van der Waals surface area contributed by atoms with Crippen LogP contribution in [0.4, 0.5) is 0 Å². The maximum Gasteiger partial charge on any atom is 0.336 e. The molecule has 6 heteroatoms. The van der Waals surface area contributed by atoms with Crippen LogP contribution >= 0.6 is 0 Å².